The van der Waals surface area contributed by atoms with Gasteiger partial charge in [0.1, 0.15) is 0 Å². The van der Waals surface area contributed by atoms with Gasteiger partial charge in [-0.2, -0.15) is 0 Å². The summed E-state index contributed by atoms with van der Waals surface area (Å²) in [6, 6.07) is 0. The Balaban J connectivity index is 4.85. The van der Waals surface area contributed by atoms with Crippen molar-refractivity contribution < 1.29 is 5.11 Å². The summed E-state index contributed by atoms with van der Waals surface area (Å²) >= 11 is 0. The van der Waals surface area contributed by atoms with Crippen molar-refractivity contribution in [3.05, 3.63) is 0 Å². The zero-order valence-electron chi connectivity index (χ0n) is 23.9. The molecule has 0 heterocycles. The standard InChI is InChI=1S/C32H66O/c1-5-9-13-17-20-24-28-31(27-23-16-12-8-4)32(33,29-25-21-18-14-10-6-2)30-26-22-19-15-11-7-3/h31,33H,5-30H2,1-4H3. The molecule has 1 N–H and O–H groups in total. The normalized spacial score (nSPS) is 13.0. The van der Waals surface area contributed by atoms with Gasteiger partial charge in [0, 0.05) is 0 Å². The highest BCUT2D eigenvalue weighted by atomic mass is 16.3. The quantitative estimate of drug-likeness (QED) is 0.119. The van der Waals surface area contributed by atoms with E-state index in [4.69, 9.17) is 0 Å². The lowest BCUT2D eigenvalue weighted by Crippen LogP contribution is -2.38. The predicted molar refractivity (Wildman–Crippen MR) is 151 cm³/mol. The molecular formula is C32H66O. The fourth-order valence-corrected chi connectivity index (χ4v) is 5.63. The van der Waals surface area contributed by atoms with Crippen LogP contribution in [0.1, 0.15) is 195 Å². The maximum Gasteiger partial charge on any atom is 0.0675 e. The fraction of sp³-hybridized carbons (Fsp3) is 1.00. The minimum absolute atomic E-state index is 0.398. The highest BCUT2D eigenvalue weighted by Crippen LogP contribution is 2.37. The summed E-state index contributed by atoms with van der Waals surface area (Å²) in [6.07, 6.45) is 34.2. The van der Waals surface area contributed by atoms with Crippen molar-refractivity contribution in [2.75, 3.05) is 0 Å². The monoisotopic (exact) mass is 467 g/mol. The first-order valence-electron chi connectivity index (χ1n) is 15.9. The van der Waals surface area contributed by atoms with E-state index in [2.05, 4.69) is 27.7 Å². The molecule has 0 aromatic heterocycles. The first-order chi connectivity index (χ1) is 16.1. The van der Waals surface area contributed by atoms with E-state index in [1.165, 1.54) is 154 Å². The molecule has 1 unspecified atom stereocenters. The van der Waals surface area contributed by atoms with E-state index in [0.29, 0.717) is 5.92 Å². The molecule has 0 saturated heterocycles. The average Bonchev–Trinajstić information content (AvgIpc) is 2.82. The molecule has 200 valence electrons. The van der Waals surface area contributed by atoms with Gasteiger partial charge in [0.05, 0.1) is 5.60 Å². The third-order valence-electron chi connectivity index (χ3n) is 8.00. The zero-order chi connectivity index (χ0) is 24.5. The minimum atomic E-state index is -0.398. The van der Waals surface area contributed by atoms with Crippen molar-refractivity contribution in [1.29, 1.82) is 0 Å². The van der Waals surface area contributed by atoms with E-state index < -0.39 is 5.60 Å². The zero-order valence-corrected chi connectivity index (χ0v) is 23.9. The van der Waals surface area contributed by atoms with E-state index in [0.717, 1.165) is 12.8 Å². The smallest absolute Gasteiger partial charge is 0.0675 e. The molecule has 0 radical (unpaired) electrons. The van der Waals surface area contributed by atoms with Gasteiger partial charge in [0.15, 0.2) is 0 Å². The van der Waals surface area contributed by atoms with Crippen molar-refractivity contribution in [3.8, 4) is 0 Å². The molecule has 0 spiro atoms. The third kappa shape index (κ3) is 19.9. The van der Waals surface area contributed by atoms with Gasteiger partial charge in [-0.15, -0.1) is 0 Å². The maximum absolute atomic E-state index is 12.1. The van der Waals surface area contributed by atoms with Gasteiger partial charge in [-0.05, 0) is 31.6 Å². The molecule has 1 nitrogen and oxygen atoms in total. The summed E-state index contributed by atoms with van der Waals surface area (Å²) in [6.45, 7) is 9.20. The van der Waals surface area contributed by atoms with Crippen molar-refractivity contribution in [2.24, 2.45) is 5.92 Å². The molecule has 0 aliphatic carbocycles. The molecule has 0 saturated carbocycles. The largest absolute Gasteiger partial charge is 0.390 e. The second-order valence-corrected chi connectivity index (χ2v) is 11.2. The molecule has 33 heavy (non-hydrogen) atoms. The molecule has 0 aliphatic heterocycles. The van der Waals surface area contributed by atoms with E-state index in [1.54, 1.807) is 0 Å². The maximum atomic E-state index is 12.1. The lowest BCUT2D eigenvalue weighted by molar-refractivity contribution is -0.0457. The second-order valence-electron chi connectivity index (χ2n) is 11.2. The van der Waals surface area contributed by atoms with Crippen molar-refractivity contribution >= 4 is 0 Å². The SMILES string of the molecule is CCCCCCCCC(CCCCCC)C(O)(CCCCCCCC)CCCCCCCC. The van der Waals surface area contributed by atoms with E-state index in [1.807, 2.05) is 0 Å². The molecule has 0 aromatic rings. The van der Waals surface area contributed by atoms with Crippen molar-refractivity contribution in [2.45, 2.75) is 200 Å². The Morgan fingerprint density at radius 1 is 0.394 bits per heavy atom. The van der Waals surface area contributed by atoms with Crippen LogP contribution in [0.25, 0.3) is 0 Å². The van der Waals surface area contributed by atoms with Gasteiger partial charge in [-0.25, -0.2) is 0 Å². The summed E-state index contributed by atoms with van der Waals surface area (Å²) in [5.74, 6) is 0.534. The Bertz CT molecular complexity index is 348. The Morgan fingerprint density at radius 2 is 0.667 bits per heavy atom. The number of hydrogen-bond acceptors (Lipinski definition) is 1. The van der Waals surface area contributed by atoms with Crippen LogP contribution in [0.2, 0.25) is 0 Å². The van der Waals surface area contributed by atoms with E-state index in [9.17, 15) is 5.11 Å². The molecule has 0 aromatic carbocycles. The van der Waals surface area contributed by atoms with Crippen LogP contribution in [0.15, 0.2) is 0 Å². The first-order valence-corrected chi connectivity index (χ1v) is 15.9. The van der Waals surface area contributed by atoms with E-state index >= 15 is 0 Å². The summed E-state index contributed by atoms with van der Waals surface area (Å²) < 4.78 is 0. The summed E-state index contributed by atoms with van der Waals surface area (Å²) in [5.41, 5.74) is -0.398. The van der Waals surface area contributed by atoms with Gasteiger partial charge in [0.2, 0.25) is 0 Å². The molecule has 0 fully saturated rings. The fourth-order valence-electron chi connectivity index (χ4n) is 5.63. The van der Waals surface area contributed by atoms with Crippen LogP contribution >= 0.6 is 0 Å². The Morgan fingerprint density at radius 3 is 1.03 bits per heavy atom. The van der Waals surface area contributed by atoms with Gasteiger partial charge < -0.3 is 5.11 Å². The molecular weight excluding hydrogens is 400 g/mol. The van der Waals surface area contributed by atoms with Gasteiger partial charge >= 0.3 is 0 Å². The van der Waals surface area contributed by atoms with E-state index in [-0.39, 0.29) is 0 Å². The minimum Gasteiger partial charge on any atom is -0.390 e. The summed E-state index contributed by atoms with van der Waals surface area (Å²) in [7, 11) is 0. The van der Waals surface area contributed by atoms with Gasteiger partial charge in [-0.3, -0.25) is 0 Å². The molecule has 1 atom stereocenters. The first kappa shape index (κ1) is 33.0. The van der Waals surface area contributed by atoms with Crippen molar-refractivity contribution in [3.63, 3.8) is 0 Å². The topological polar surface area (TPSA) is 20.2 Å². The molecule has 0 amide bonds. The third-order valence-corrected chi connectivity index (χ3v) is 8.00. The Hall–Kier alpha value is -0.0400. The number of hydrogen-bond donors (Lipinski definition) is 1. The van der Waals surface area contributed by atoms with Gasteiger partial charge in [-0.1, -0.05) is 169 Å². The Labute approximate surface area is 211 Å². The van der Waals surface area contributed by atoms with Crippen LogP contribution in [0.3, 0.4) is 0 Å². The molecule has 1 heteroatoms. The number of unbranched alkanes of at least 4 members (excludes halogenated alkanes) is 18. The lowest BCUT2D eigenvalue weighted by Gasteiger charge is -2.37. The van der Waals surface area contributed by atoms with Crippen LogP contribution in [0, 0.1) is 5.92 Å². The van der Waals surface area contributed by atoms with Crippen LogP contribution < -0.4 is 0 Å². The average molecular weight is 467 g/mol. The second kappa shape index (κ2) is 25.1. The predicted octanol–water partition coefficient (Wildman–Crippen LogP) is 11.6. The molecule has 0 rings (SSSR count). The van der Waals surface area contributed by atoms with Crippen LogP contribution in [0.5, 0.6) is 0 Å². The number of rotatable bonds is 27. The lowest BCUT2D eigenvalue weighted by atomic mass is 9.74. The van der Waals surface area contributed by atoms with Crippen LogP contribution in [-0.4, -0.2) is 10.7 Å². The van der Waals surface area contributed by atoms with Crippen molar-refractivity contribution in [1.82, 2.24) is 0 Å². The Kier molecular flexibility index (Phi) is 25.0. The van der Waals surface area contributed by atoms with Crippen LogP contribution in [-0.2, 0) is 0 Å². The highest BCUT2D eigenvalue weighted by Gasteiger charge is 2.34. The summed E-state index contributed by atoms with van der Waals surface area (Å²) in [4.78, 5) is 0. The number of aliphatic hydroxyl groups is 1. The molecule has 0 bridgehead atoms. The molecule has 0 aliphatic rings. The van der Waals surface area contributed by atoms with Crippen LogP contribution in [0.4, 0.5) is 0 Å². The summed E-state index contributed by atoms with van der Waals surface area (Å²) in [5, 5.41) is 12.1. The highest BCUT2D eigenvalue weighted by molar-refractivity contribution is 4.87. The van der Waals surface area contributed by atoms with Gasteiger partial charge in [0.25, 0.3) is 0 Å².